The molecule has 0 radical (unpaired) electrons. The summed E-state index contributed by atoms with van der Waals surface area (Å²) in [5.41, 5.74) is 4.04. The van der Waals surface area contributed by atoms with Crippen LogP contribution in [-0.2, 0) is 4.79 Å². The molecule has 0 aliphatic carbocycles. The van der Waals surface area contributed by atoms with E-state index in [1.54, 1.807) is 36.5 Å². The topological polar surface area (TPSA) is 105 Å². The van der Waals surface area contributed by atoms with E-state index in [1.165, 1.54) is 6.07 Å². The number of aromatic nitrogens is 4. The number of rotatable bonds is 4. The van der Waals surface area contributed by atoms with Crippen molar-refractivity contribution in [1.29, 1.82) is 0 Å². The highest BCUT2D eigenvalue weighted by molar-refractivity contribution is 5.98. The number of alkyl halides is 2. The zero-order chi connectivity index (χ0) is 27.5. The number of anilines is 1. The summed E-state index contributed by atoms with van der Waals surface area (Å²) in [5.74, 6) is 1.05. The molecule has 10 nitrogen and oxygen atoms in total. The average Bonchev–Trinajstić information content (AvgIpc) is 3.38. The van der Waals surface area contributed by atoms with Crippen LogP contribution in [0, 0.1) is 0 Å². The van der Waals surface area contributed by atoms with Crippen molar-refractivity contribution in [3.8, 4) is 16.9 Å². The third kappa shape index (κ3) is 3.85. The SMILES string of the molecule is CN1C(=O)c2cccc(OC(F)F)c2[C@H]2C[C@@H]1c1nc3ccc(-c4cnc(N5CCNC(=O)CC5)nc4)cc3n12. The van der Waals surface area contributed by atoms with Crippen LogP contribution in [-0.4, -0.2) is 69.5 Å². The minimum Gasteiger partial charge on any atom is -0.434 e. The molecule has 1 saturated heterocycles. The van der Waals surface area contributed by atoms with Gasteiger partial charge in [0.2, 0.25) is 11.9 Å². The van der Waals surface area contributed by atoms with Gasteiger partial charge in [-0.15, -0.1) is 0 Å². The van der Waals surface area contributed by atoms with Crippen molar-refractivity contribution in [3.05, 3.63) is 65.7 Å². The lowest BCUT2D eigenvalue weighted by Crippen LogP contribution is -2.30. The number of imidazole rings is 1. The Hall–Kier alpha value is -4.61. The predicted octanol–water partition coefficient (Wildman–Crippen LogP) is 3.54. The number of hydrogen-bond acceptors (Lipinski definition) is 7. The van der Waals surface area contributed by atoms with E-state index in [9.17, 15) is 18.4 Å². The van der Waals surface area contributed by atoms with Crippen LogP contribution in [0.1, 0.15) is 46.7 Å². The first kappa shape index (κ1) is 24.4. The second kappa shape index (κ2) is 9.25. The first-order chi connectivity index (χ1) is 19.4. The predicted molar refractivity (Wildman–Crippen MR) is 141 cm³/mol. The lowest BCUT2D eigenvalue weighted by Gasteiger charge is -2.24. The van der Waals surface area contributed by atoms with Crippen LogP contribution < -0.4 is 15.0 Å². The van der Waals surface area contributed by atoms with Gasteiger partial charge in [-0.1, -0.05) is 12.1 Å². The molecule has 0 spiro atoms. The number of benzene rings is 2. The Labute approximate surface area is 227 Å². The fraction of sp³-hybridized carbons (Fsp3) is 0.321. The molecule has 3 aliphatic rings. The van der Waals surface area contributed by atoms with Crippen LogP contribution in [0.3, 0.4) is 0 Å². The third-order valence-corrected chi connectivity index (χ3v) is 7.97. The number of hydrogen-bond donors (Lipinski definition) is 1. The summed E-state index contributed by atoms with van der Waals surface area (Å²) in [4.78, 5) is 42.6. The highest BCUT2D eigenvalue weighted by Gasteiger charge is 2.45. The average molecular weight is 546 g/mol. The van der Waals surface area contributed by atoms with Gasteiger partial charge in [0.1, 0.15) is 11.6 Å². The Morgan fingerprint density at radius 2 is 1.88 bits per heavy atom. The zero-order valence-electron chi connectivity index (χ0n) is 21.6. The van der Waals surface area contributed by atoms with Gasteiger partial charge in [-0.2, -0.15) is 8.78 Å². The van der Waals surface area contributed by atoms with Crippen molar-refractivity contribution in [3.63, 3.8) is 0 Å². The maximum absolute atomic E-state index is 13.4. The van der Waals surface area contributed by atoms with Crippen molar-refractivity contribution in [1.82, 2.24) is 29.7 Å². The van der Waals surface area contributed by atoms with Gasteiger partial charge < -0.3 is 24.4 Å². The second-order valence-electron chi connectivity index (χ2n) is 10.2. The Balaban J connectivity index is 1.30. The summed E-state index contributed by atoms with van der Waals surface area (Å²) in [5, 5.41) is 2.85. The van der Waals surface area contributed by atoms with E-state index >= 15 is 0 Å². The van der Waals surface area contributed by atoms with E-state index in [2.05, 4.69) is 15.3 Å². The molecule has 7 rings (SSSR count). The molecule has 2 aromatic heterocycles. The van der Waals surface area contributed by atoms with Crippen LogP contribution in [0.2, 0.25) is 0 Å². The number of carbonyl (C=O) groups excluding carboxylic acids is 2. The molecule has 2 atom stereocenters. The summed E-state index contributed by atoms with van der Waals surface area (Å²) < 4.78 is 33.6. The number of amides is 2. The molecule has 5 heterocycles. The molecular formula is C28H25F2N7O3. The monoisotopic (exact) mass is 545 g/mol. The number of ether oxygens (including phenoxy) is 1. The van der Waals surface area contributed by atoms with Crippen molar-refractivity contribution >= 4 is 28.8 Å². The van der Waals surface area contributed by atoms with Gasteiger partial charge in [0.25, 0.3) is 5.91 Å². The first-order valence-electron chi connectivity index (χ1n) is 13.1. The molecule has 1 N–H and O–H groups in total. The summed E-state index contributed by atoms with van der Waals surface area (Å²) >= 11 is 0. The van der Waals surface area contributed by atoms with E-state index in [1.807, 2.05) is 27.7 Å². The Morgan fingerprint density at radius 3 is 2.67 bits per heavy atom. The number of carbonyl (C=O) groups is 2. The van der Waals surface area contributed by atoms with Gasteiger partial charge in [-0.05, 0) is 29.8 Å². The van der Waals surface area contributed by atoms with Gasteiger partial charge in [0.05, 0.1) is 23.1 Å². The summed E-state index contributed by atoms with van der Waals surface area (Å²) in [6.45, 7) is -1.28. The number of nitrogens with zero attached hydrogens (tertiary/aromatic N) is 6. The molecule has 2 amide bonds. The second-order valence-corrected chi connectivity index (χ2v) is 10.2. The minimum atomic E-state index is -3.01. The maximum atomic E-state index is 13.4. The Kier molecular flexibility index (Phi) is 5.65. The van der Waals surface area contributed by atoms with E-state index in [0.717, 1.165) is 22.2 Å². The smallest absolute Gasteiger partial charge is 0.387 e. The number of nitrogens with one attached hydrogen (secondary N) is 1. The Morgan fingerprint density at radius 1 is 1.05 bits per heavy atom. The molecule has 4 aromatic rings. The summed E-state index contributed by atoms with van der Waals surface area (Å²) in [6, 6.07) is 9.84. The lowest BCUT2D eigenvalue weighted by atomic mass is 9.97. The normalized spacial score (nSPS) is 20.3. The quantitative estimate of drug-likeness (QED) is 0.418. The lowest BCUT2D eigenvalue weighted by molar-refractivity contribution is -0.120. The van der Waals surface area contributed by atoms with Gasteiger partial charge >= 0.3 is 6.61 Å². The van der Waals surface area contributed by atoms with Gasteiger partial charge in [0, 0.05) is 68.6 Å². The minimum absolute atomic E-state index is 0.000145. The Bertz CT molecular complexity index is 1660. The molecule has 2 aromatic carbocycles. The van der Waals surface area contributed by atoms with Crippen LogP contribution >= 0.6 is 0 Å². The molecule has 12 heteroatoms. The van der Waals surface area contributed by atoms with Crippen LogP contribution in [0.5, 0.6) is 5.75 Å². The maximum Gasteiger partial charge on any atom is 0.387 e. The largest absolute Gasteiger partial charge is 0.434 e. The van der Waals surface area contributed by atoms with E-state index < -0.39 is 12.7 Å². The first-order valence-corrected chi connectivity index (χ1v) is 13.1. The number of halogens is 2. The summed E-state index contributed by atoms with van der Waals surface area (Å²) in [6.07, 6.45) is 4.41. The molecular weight excluding hydrogens is 520 g/mol. The van der Waals surface area contributed by atoms with E-state index in [0.29, 0.717) is 55.4 Å². The van der Waals surface area contributed by atoms with Crippen molar-refractivity contribution in [2.45, 2.75) is 31.5 Å². The van der Waals surface area contributed by atoms with Gasteiger partial charge in [0.15, 0.2) is 0 Å². The van der Waals surface area contributed by atoms with E-state index in [4.69, 9.17) is 9.72 Å². The molecule has 2 bridgehead atoms. The van der Waals surface area contributed by atoms with Gasteiger partial charge in [-0.3, -0.25) is 9.59 Å². The molecule has 0 saturated carbocycles. The van der Waals surface area contributed by atoms with Crippen molar-refractivity contribution in [2.24, 2.45) is 0 Å². The molecule has 1 fully saturated rings. The molecule has 3 aliphatic heterocycles. The molecule has 40 heavy (non-hydrogen) atoms. The van der Waals surface area contributed by atoms with Crippen LogP contribution in [0.15, 0.2) is 48.8 Å². The standard InChI is InChI=1S/C28H25F2N7O3/c1-35-21-12-20(24-17(26(35)39)3-2-4-22(24)40-27(29)30)37-19-11-15(5-6-18(19)34-25(21)37)16-13-32-28(33-14-16)36-9-7-23(38)31-8-10-36/h2-6,11,13-14,20-21,27H,7-10,12H2,1H3,(H,31,38)/t20-,21-/m1/s1. The fourth-order valence-electron chi connectivity index (χ4n) is 6.06. The van der Waals surface area contributed by atoms with Crippen molar-refractivity contribution in [2.75, 3.05) is 31.6 Å². The zero-order valence-corrected chi connectivity index (χ0v) is 21.6. The fourth-order valence-corrected chi connectivity index (χ4v) is 6.06. The van der Waals surface area contributed by atoms with Crippen LogP contribution in [0.25, 0.3) is 22.2 Å². The highest BCUT2D eigenvalue weighted by Crippen LogP contribution is 2.50. The van der Waals surface area contributed by atoms with Crippen molar-refractivity contribution < 1.29 is 23.1 Å². The van der Waals surface area contributed by atoms with Gasteiger partial charge in [-0.25, -0.2) is 15.0 Å². The highest BCUT2D eigenvalue weighted by atomic mass is 19.3. The summed E-state index contributed by atoms with van der Waals surface area (Å²) in [7, 11) is 1.72. The third-order valence-electron chi connectivity index (χ3n) is 7.97. The molecule has 0 unspecified atom stereocenters. The van der Waals surface area contributed by atoms with Crippen LogP contribution in [0.4, 0.5) is 14.7 Å². The van der Waals surface area contributed by atoms with E-state index in [-0.39, 0.29) is 23.6 Å². The number of fused-ring (bicyclic) bond motifs is 9. The molecule has 204 valence electrons.